The highest BCUT2D eigenvalue weighted by atomic mass is 14.8. The van der Waals surface area contributed by atoms with Crippen LogP contribution in [0.4, 0.5) is 0 Å². The molecule has 2 N–H and O–H groups in total. The summed E-state index contributed by atoms with van der Waals surface area (Å²) in [6.45, 7) is 0. The number of rotatable bonds is 1. The lowest BCUT2D eigenvalue weighted by molar-refractivity contribution is 0.198. The van der Waals surface area contributed by atoms with Crippen molar-refractivity contribution in [2.45, 2.75) is 63.3 Å². The third-order valence-electron chi connectivity index (χ3n) is 3.95. The molecule has 2 aliphatic rings. The Kier molecular flexibility index (Phi) is 2.40. The Balaban J connectivity index is 1.97. The minimum atomic E-state index is 0.259. The Labute approximate surface area is 75.7 Å². The van der Waals surface area contributed by atoms with Crippen LogP contribution >= 0.6 is 0 Å². The van der Waals surface area contributed by atoms with Crippen LogP contribution < -0.4 is 5.73 Å². The van der Waals surface area contributed by atoms with Gasteiger partial charge < -0.3 is 5.73 Å². The monoisotopic (exact) mass is 167 g/mol. The van der Waals surface area contributed by atoms with Crippen molar-refractivity contribution < 1.29 is 0 Å². The molecule has 70 valence electrons. The lowest BCUT2D eigenvalue weighted by Gasteiger charge is -2.38. The van der Waals surface area contributed by atoms with E-state index < -0.39 is 0 Å². The molecule has 2 fully saturated rings. The summed E-state index contributed by atoms with van der Waals surface area (Å²) >= 11 is 0. The van der Waals surface area contributed by atoms with Gasteiger partial charge in [-0.2, -0.15) is 0 Å². The van der Waals surface area contributed by atoms with Gasteiger partial charge in [-0.3, -0.25) is 0 Å². The van der Waals surface area contributed by atoms with Gasteiger partial charge in [-0.05, 0) is 31.6 Å². The smallest absolute Gasteiger partial charge is 0.0182 e. The van der Waals surface area contributed by atoms with Gasteiger partial charge in [-0.25, -0.2) is 0 Å². The van der Waals surface area contributed by atoms with Crippen molar-refractivity contribution in [1.82, 2.24) is 0 Å². The molecule has 0 aromatic carbocycles. The highest BCUT2D eigenvalue weighted by molar-refractivity contribution is 4.95. The summed E-state index contributed by atoms with van der Waals surface area (Å²) < 4.78 is 0. The molecule has 0 heterocycles. The van der Waals surface area contributed by atoms with E-state index in [1.807, 2.05) is 0 Å². The van der Waals surface area contributed by atoms with Crippen LogP contribution in [0.15, 0.2) is 0 Å². The third kappa shape index (κ3) is 1.52. The Hall–Kier alpha value is -0.0400. The average Bonchev–Trinajstić information content (AvgIpc) is 2.58. The van der Waals surface area contributed by atoms with E-state index in [2.05, 4.69) is 0 Å². The number of hydrogen-bond acceptors (Lipinski definition) is 1. The van der Waals surface area contributed by atoms with Crippen molar-refractivity contribution in [3.05, 3.63) is 0 Å². The van der Waals surface area contributed by atoms with Gasteiger partial charge in [0, 0.05) is 5.54 Å². The van der Waals surface area contributed by atoms with Gasteiger partial charge in [-0.1, -0.05) is 32.1 Å². The first kappa shape index (κ1) is 8.55. The van der Waals surface area contributed by atoms with Gasteiger partial charge in [0.15, 0.2) is 0 Å². The largest absolute Gasteiger partial charge is 0.325 e. The second-order valence-electron chi connectivity index (χ2n) is 4.78. The molecule has 0 spiro atoms. The number of nitrogens with two attached hydrogens (primary N) is 1. The standard InChI is InChI=1S/C11H21N/c12-11(8-4-1-5-9-11)10-6-2-3-7-10/h10H,1-9,12H2. The summed E-state index contributed by atoms with van der Waals surface area (Å²) in [6.07, 6.45) is 12.5. The third-order valence-corrected chi connectivity index (χ3v) is 3.95. The van der Waals surface area contributed by atoms with Crippen molar-refractivity contribution in [3.63, 3.8) is 0 Å². The first-order valence-corrected chi connectivity index (χ1v) is 5.60. The zero-order valence-corrected chi connectivity index (χ0v) is 8.02. The molecule has 1 heteroatoms. The van der Waals surface area contributed by atoms with Crippen LogP contribution in [0.1, 0.15) is 57.8 Å². The predicted molar refractivity (Wildman–Crippen MR) is 52.0 cm³/mol. The molecule has 12 heavy (non-hydrogen) atoms. The zero-order chi connectivity index (χ0) is 8.44. The quantitative estimate of drug-likeness (QED) is 0.638. The van der Waals surface area contributed by atoms with Gasteiger partial charge in [0.05, 0.1) is 0 Å². The average molecular weight is 167 g/mol. The second-order valence-corrected chi connectivity index (χ2v) is 4.78. The van der Waals surface area contributed by atoms with E-state index in [0.717, 1.165) is 5.92 Å². The maximum absolute atomic E-state index is 6.46. The Morgan fingerprint density at radius 1 is 0.833 bits per heavy atom. The fourth-order valence-electron chi connectivity index (χ4n) is 3.12. The highest BCUT2D eigenvalue weighted by Gasteiger charge is 2.36. The summed E-state index contributed by atoms with van der Waals surface area (Å²) in [6, 6.07) is 0. The molecule has 0 radical (unpaired) electrons. The van der Waals surface area contributed by atoms with Crippen LogP contribution in [0, 0.1) is 5.92 Å². The van der Waals surface area contributed by atoms with Gasteiger partial charge in [0.1, 0.15) is 0 Å². The van der Waals surface area contributed by atoms with Crippen LogP contribution in [0.2, 0.25) is 0 Å². The Morgan fingerprint density at radius 2 is 1.42 bits per heavy atom. The lowest BCUT2D eigenvalue weighted by Crippen LogP contribution is -2.47. The van der Waals surface area contributed by atoms with Gasteiger partial charge in [0.25, 0.3) is 0 Å². The second kappa shape index (κ2) is 3.37. The van der Waals surface area contributed by atoms with Crippen LogP contribution in [-0.4, -0.2) is 5.54 Å². The molecular weight excluding hydrogens is 146 g/mol. The first-order valence-electron chi connectivity index (χ1n) is 5.60. The summed E-state index contributed by atoms with van der Waals surface area (Å²) in [5, 5.41) is 0. The molecule has 1 nitrogen and oxygen atoms in total. The van der Waals surface area contributed by atoms with Crippen molar-refractivity contribution in [1.29, 1.82) is 0 Å². The van der Waals surface area contributed by atoms with E-state index >= 15 is 0 Å². The normalized spacial score (nSPS) is 30.8. The summed E-state index contributed by atoms with van der Waals surface area (Å²) in [5.41, 5.74) is 6.72. The Morgan fingerprint density at radius 3 is 2.00 bits per heavy atom. The van der Waals surface area contributed by atoms with E-state index in [0.29, 0.717) is 0 Å². The molecular formula is C11H21N. The fraction of sp³-hybridized carbons (Fsp3) is 1.00. The maximum atomic E-state index is 6.46. The molecule has 0 saturated heterocycles. The van der Waals surface area contributed by atoms with Crippen molar-refractivity contribution >= 4 is 0 Å². The molecule has 0 aliphatic heterocycles. The van der Waals surface area contributed by atoms with Crippen molar-refractivity contribution in [2.75, 3.05) is 0 Å². The summed E-state index contributed by atoms with van der Waals surface area (Å²) in [5.74, 6) is 0.873. The minimum absolute atomic E-state index is 0.259. The first-order chi connectivity index (χ1) is 5.81. The van der Waals surface area contributed by atoms with Gasteiger partial charge in [0.2, 0.25) is 0 Å². The zero-order valence-electron chi connectivity index (χ0n) is 8.02. The van der Waals surface area contributed by atoms with Crippen LogP contribution in [0.3, 0.4) is 0 Å². The van der Waals surface area contributed by atoms with E-state index in [9.17, 15) is 0 Å². The topological polar surface area (TPSA) is 26.0 Å². The predicted octanol–water partition coefficient (Wildman–Crippen LogP) is 2.84. The maximum Gasteiger partial charge on any atom is 0.0182 e. The van der Waals surface area contributed by atoms with E-state index in [4.69, 9.17) is 5.73 Å². The van der Waals surface area contributed by atoms with Crippen molar-refractivity contribution in [2.24, 2.45) is 11.7 Å². The van der Waals surface area contributed by atoms with Crippen LogP contribution in [-0.2, 0) is 0 Å². The van der Waals surface area contributed by atoms with Gasteiger partial charge >= 0.3 is 0 Å². The number of hydrogen-bond donors (Lipinski definition) is 1. The Bertz CT molecular complexity index is 141. The molecule has 0 aromatic rings. The summed E-state index contributed by atoms with van der Waals surface area (Å²) in [4.78, 5) is 0. The lowest BCUT2D eigenvalue weighted by atomic mass is 9.73. The molecule has 0 aromatic heterocycles. The van der Waals surface area contributed by atoms with E-state index in [-0.39, 0.29) is 5.54 Å². The minimum Gasteiger partial charge on any atom is -0.325 e. The molecule has 0 amide bonds. The highest BCUT2D eigenvalue weighted by Crippen LogP contribution is 2.40. The molecule has 2 rings (SSSR count). The summed E-state index contributed by atoms with van der Waals surface area (Å²) in [7, 11) is 0. The van der Waals surface area contributed by atoms with E-state index in [1.165, 1.54) is 57.8 Å². The fourth-order valence-corrected chi connectivity index (χ4v) is 3.12. The van der Waals surface area contributed by atoms with Crippen LogP contribution in [0.25, 0.3) is 0 Å². The SMILES string of the molecule is NC1(C2CCCC2)CCCCC1. The van der Waals surface area contributed by atoms with Gasteiger partial charge in [-0.15, -0.1) is 0 Å². The van der Waals surface area contributed by atoms with E-state index in [1.54, 1.807) is 0 Å². The molecule has 0 unspecified atom stereocenters. The van der Waals surface area contributed by atoms with Crippen molar-refractivity contribution in [3.8, 4) is 0 Å². The van der Waals surface area contributed by atoms with Crippen LogP contribution in [0.5, 0.6) is 0 Å². The molecule has 0 atom stereocenters. The molecule has 0 bridgehead atoms. The molecule has 2 saturated carbocycles. The molecule has 2 aliphatic carbocycles.